The number of halogens is 3. The molecule has 0 saturated carbocycles. The minimum absolute atomic E-state index is 0.0700. The van der Waals surface area contributed by atoms with Gasteiger partial charge in [-0.1, -0.05) is 12.1 Å². The highest BCUT2D eigenvalue weighted by Gasteiger charge is 2.15. The average molecular weight is 437 g/mol. The molecular weight excluding hydrogens is 429 g/mol. The van der Waals surface area contributed by atoms with Crippen LogP contribution in [0.1, 0.15) is 0 Å². The van der Waals surface area contributed by atoms with Crippen molar-refractivity contribution in [2.45, 2.75) is 0 Å². The Bertz CT molecular complexity index is 666. The monoisotopic (exact) mass is 435 g/mol. The fourth-order valence-electron chi connectivity index (χ4n) is 1.32. The van der Waals surface area contributed by atoms with Gasteiger partial charge in [0.1, 0.15) is 5.69 Å². The molecule has 7 nitrogen and oxygen atoms in total. The number of nitrogens with two attached hydrogens (primary N) is 1. The summed E-state index contributed by atoms with van der Waals surface area (Å²) < 4.78 is 13.4. The second kappa shape index (κ2) is 7.80. The van der Waals surface area contributed by atoms with E-state index in [0.717, 1.165) is 6.07 Å². The molecule has 0 saturated heterocycles. The van der Waals surface area contributed by atoms with E-state index in [9.17, 15) is 24.6 Å². The van der Waals surface area contributed by atoms with Crippen LogP contribution in [0.4, 0.5) is 21.5 Å². The van der Waals surface area contributed by atoms with Crippen molar-refractivity contribution in [3.05, 3.63) is 71.4 Å². The molecule has 0 radical (unpaired) electrons. The molecule has 10 heteroatoms. The molecule has 2 aromatic carbocycles. The Balaban J connectivity index is 0.000000220. The molecule has 0 fully saturated rings. The minimum Gasteiger partial charge on any atom is -0.392 e. The average Bonchev–Trinajstić information content (AvgIpc) is 2.45. The Labute approximate surface area is 140 Å². The van der Waals surface area contributed by atoms with Crippen LogP contribution in [0.25, 0.3) is 0 Å². The standard InChI is InChI=1S/C6H3BrFNO2.C6H5BrN2O2/c2*7-4-2-1-3-5(6(4)8)9(10)11/h1-3H;1-3H,8H2. The Hall–Kier alpha value is -2.07. The van der Waals surface area contributed by atoms with Crippen molar-refractivity contribution in [3.8, 4) is 0 Å². The predicted molar refractivity (Wildman–Crippen MR) is 86.0 cm³/mol. The molecule has 0 aliphatic carbocycles. The molecule has 2 rings (SSSR count). The molecule has 0 aliphatic heterocycles. The molecule has 0 spiro atoms. The van der Waals surface area contributed by atoms with E-state index in [0.29, 0.717) is 4.47 Å². The van der Waals surface area contributed by atoms with Crippen molar-refractivity contribution in [2.75, 3.05) is 5.73 Å². The van der Waals surface area contributed by atoms with E-state index in [1.165, 1.54) is 18.2 Å². The number of nitrogen functional groups attached to an aromatic ring is 1. The van der Waals surface area contributed by atoms with Crippen LogP contribution in [0, 0.1) is 26.0 Å². The SMILES string of the molecule is Nc1c(Br)cccc1[N+](=O)[O-].O=[N+]([O-])c1cccc(Br)c1F. The van der Waals surface area contributed by atoms with Crippen molar-refractivity contribution in [3.63, 3.8) is 0 Å². The van der Waals surface area contributed by atoms with Crippen molar-refractivity contribution < 1.29 is 14.2 Å². The van der Waals surface area contributed by atoms with Gasteiger partial charge in [0.2, 0.25) is 5.82 Å². The zero-order valence-corrected chi connectivity index (χ0v) is 13.9. The number of hydrogen-bond donors (Lipinski definition) is 1. The van der Waals surface area contributed by atoms with Gasteiger partial charge in [0.15, 0.2) is 0 Å². The summed E-state index contributed by atoms with van der Waals surface area (Å²) in [5.41, 5.74) is 4.97. The van der Waals surface area contributed by atoms with Gasteiger partial charge in [0, 0.05) is 16.6 Å². The van der Waals surface area contributed by atoms with Gasteiger partial charge in [-0.2, -0.15) is 4.39 Å². The molecule has 0 atom stereocenters. The van der Waals surface area contributed by atoms with E-state index >= 15 is 0 Å². The first-order valence-corrected chi connectivity index (χ1v) is 7.11. The van der Waals surface area contributed by atoms with Gasteiger partial charge in [0.05, 0.1) is 14.3 Å². The number of nitro benzene ring substituents is 2. The molecule has 22 heavy (non-hydrogen) atoms. The third-order valence-corrected chi connectivity index (χ3v) is 3.66. The summed E-state index contributed by atoms with van der Waals surface area (Å²) in [7, 11) is 0. The highest BCUT2D eigenvalue weighted by atomic mass is 79.9. The van der Waals surface area contributed by atoms with Crippen LogP contribution < -0.4 is 5.73 Å². The summed E-state index contributed by atoms with van der Waals surface area (Å²) in [6.45, 7) is 0. The van der Waals surface area contributed by atoms with E-state index in [1.54, 1.807) is 12.1 Å². The number of benzene rings is 2. The fraction of sp³-hybridized carbons (Fsp3) is 0. The molecule has 0 aromatic heterocycles. The third-order valence-electron chi connectivity index (χ3n) is 2.35. The van der Waals surface area contributed by atoms with Crippen LogP contribution >= 0.6 is 31.9 Å². The Morgan fingerprint density at radius 3 is 1.77 bits per heavy atom. The predicted octanol–water partition coefficient (Wildman–Crippen LogP) is 4.44. The van der Waals surface area contributed by atoms with Gasteiger partial charge in [-0.05, 0) is 44.0 Å². The molecule has 116 valence electrons. The maximum absolute atomic E-state index is 12.8. The Morgan fingerprint density at radius 1 is 0.909 bits per heavy atom. The number of anilines is 1. The molecule has 0 amide bonds. The first kappa shape index (κ1) is 18.0. The summed E-state index contributed by atoms with van der Waals surface area (Å²) in [5.74, 6) is -0.836. The van der Waals surface area contributed by atoms with Crippen LogP contribution in [0.2, 0.25) is 0 Å². The minimum atomic E-state index is -0.836. The van der Waals surface area contributed by atoms with Crippen LogP contribution in [0.5, 0.6) is 0 Å². The fourth-order valence-corrected chi connectivity index (χ4v) is 2.03. The molecule has 0 aliphatic rings. The Kier molecular flexibility index (Phi) is 6.38. The first-order valence-electron chi connectivity index (χ1n) is 5.52. The largest absolute Gasteiger partial charge is 0.392 e. The zero-order valence-electron chi connectivity index (χ0n) is 10.7. The van der Waals surface area contributed by atoms with E-state index in [4.69, 9.17) is 5.73 Å². The van der Waals surface area contributed by atoms with Crippen molar-refractivity contribution in [1.82, 2.24) is 0 Å². The van der Waals surface area contributed by atoms with Crippen LogP contribution in [-0.4, -0.2) is 9.85 Å². The highest BCUT2D eigenvalue weighted by Crippen LogP contribution is 2.28. The zero-order chi connectivity index (χ0) is 16.9. The van der Waals surface area contributed by atoms with E-state index in [-0.39, 0.29) is 15.8 Å². The van der Waals surface area contributed by atoms with Gasteiger partial charge >= 0.3 is 5.69 Å². The van der Waals surface area contributed by atoms with Crippen LogP contribution in [0.3, 0.4) is 0 Å². The maximum atomic E-state index is 12.8. The molecule has 2 aromatic rings. The van der Waals surface area contributed by atoms with Crippen LogP contribution in [-0.2, 0) is 0 Å². The van der Waals surface area contributed by atoms with Crippen LogP contribution in [0.15, 0.2) is 45.3 Å². The summed E-state index contributed by atoms with van der Waals surface area (Å²) in [6.07, 6.45) is 0. The van der Waals surface area contributed by atoms with E-state index < -0.39 is 21.4 Å². The quantitative estimate of drug-likeness (QED) is 0.424. The lowest BCUT2D eigenvalue weighted by Crippen LogP contribution is -1.95. The normalized spacial score (nSPS) is 9.59. The van der Waals surface area contributed by atoms with Gasteiger partial charge < -0.3 is 5.73 Å². The summed E-state index contributed by atoms with van der Waals surface area (Å²) in [6, 6.07) is 8.51. The number of rotatable bonds is 2. The first-order chi connectivity index (χ1) is 10.3. The molecule has 2 N–H and O–H groups in total. The van der Waals surface area contributed by atoms with Gasteiger partial charge in [-0.3, -0.25) is 20.2 Å². The lowest BCUT2D eigenvalue weighted by Gasteiger charge is -1.97. The molecule has 0 unspecified atom stereocenters. The molecule has 0 bridgehead atoms. The number of para-hydroxylation sites is 1. The topological polar surface area (TPSA) is 112 Å². The maximum Gasteiger partial charge on any atom is 0.305 e. The summed E-state index contributed by atoms with van der Waals surface area (Å²) >= 11 is 5.92. The molecule has 0 heterocycles. The van der Waals surface area contributed by atoms with E-state index in [1.807, 2.05) is 0 Å². The summed E-state index contributed by atoms with van der Waals surface area (Å²) in [4.78, 5) is 19.1. The second-order valence-electron chi connectivity index (χ2n) is 3.76. The van der Waals surface area contributed by atoms with Crippen molar-refractivity contribution >= 4 is 48.9 Å². The van der Waals surface area contributed by atoms with Gasteiger partial charge in [0.25, 0.3) is 5.69 Å². The third kappa shape index (κ3) is 4.46. The number of hydrogen-bond acceptors (Lipinski definition) is 5. The smallest absolute Gasteiger partial charge is 0.305 e. The number of nitro groups is 2. The lowest BCUT2D eigenvalue weighted by molar-refractivity contribution is -0.387. The highest BCUT2D eigenvalue weighted by molar-refractivity contribution is 9.10. The van der Waals surface area contributed by atoms with Crippen molar-refractivity contribution in [1.29, 1.82) is 0 Å². The second-order valence-corrected chi connectivity index (χ2v) is 5.47. The van der Waals surface area contributed by atoms with E-state index in [2.05, 4.69) is 31.9 Å². The van der Waals surface area contributed by atoms with Gasteiger partial charge in [-0.25, -0.2) is 0 Å². The lowest BCUT2D eigenvalue weighted by atomic mass is 10.3. The Morgan fingerprint density at radius 2 is 1.36 bits per heavy atom. The summed E-state index contributed by atoms with van der Waals surface area (Å²) in [5, 5.41) is 20.4. The van der Waals surface area contributed by atoms with Crippen molar-refractivity contribution in [2.24, 2.45) is 0 Å². The van der Waals surface area contributed by atoms with Gasteiger partial charge in [-0.15, -0.1) is 0 Å². The molecular formula is C12H8Br2FN3O4. The number of nitrogens with zero attached hydrogens (tertiary/aromatic N) is 2.